The van der Waals surface area contributed by atoms with Gasteiger partial charge in [0.2, 0.25) is 0 Å². The van der Waals surface area contributed by atoms with Crippen LogP contribution in [0.4, 0.5) is 5.69 Å². The van der Waals surface area contributed by atoms with Gasteiger partial charge in [-0.3, -0.25) is 0 Å². The average molecular weight is 251 g/mol. The van der Waals surface area contributed by atoms with E-state index in [1.807, 2.05) is 30.0 Å². The van der Waals surface area contributed by atoms with Gasteiger partial charge in [-0.25, -0.2) is 4.79 Å². The van der Waals surface area contributed by atoms with Crippen LogP contribution in [0.3, 0.4) is 0 Å². The molecule has 1 aliphatic heterocycles. The molecule has 0 aromatic heterocycles. The molecule has 1 saturated heterocycles. The normalized spacial score (nSPS) is 19.0. The number of carbonyl (C=O) groups excluding carboxylic acids is 1. The molecule has 0 aliphatic carbocycles. The number of hydrogen-bond donors (Lipinski definition) is 1. The summed E-state index contributed by atoms with van der Waals surface area (Å²) in [5.74, 6) is 2.98. The number of esters is 1. The lowest BCUT2D eigenvalue weighted by molar-refractivity contribution is 0.0601. The monoisotopic (exact) mass is 251 g/mol. The fourth-order valence-corrected chi connectivity index (χ4v) is 3.17. The number of anilines is 1. The van der Waals surface area contributed by atoms with Crippen molar-refractivity contribution in [3.63, 3.8) is 0 Å². The molecule has 17 heavy (non-hydrogen) atoms. The quantitative estimate of drug-likeness (QED) is 0.835. The van der Waals surface area contributed by atoms with Crippen molar-refractivity contribution >= 4 is 23.4 Å². The Morgan fingerprint density at radius 2 is 2.47 bits per heavy atom. The van der Waals surface area contributed by atoms with Gasteiger partial charge in [0.1, 0.15) is 0 Å². The molecule has 92 valence electrons. The van der Waals surface area contributed by atoms with Crippen LogP contribution in [0.2, 0.25) is 0 Å². The Bertz CT molecular complexity index is 389. The summed E-state index contributed by atoms with van der Waals surface area (Å²) in [6.45, 7) is 0.984. The van der Waals surface area contributed by atoms with Crippen molar-refractivity contribution in [2.45, 2.75) is 6.42 Å². The average Bonchev–Trinajstić information content (AvgIpc) is 2.89. The van der Waals surface area contributed by atoms with Crippen molar-refractivity contribution in [2.75, 3.05) is 30.5 Å². The summed E-state index contributed by atoms with van der Waals surface area (Å²) in [5.41, 5.74) is 1.59. The summed E-state index contributed by atoms with van der Waals surface area (Å²) < 4.78 is 4.70. The van der Waals surface area contributed by atoms with Crippen LogP contribution in [0.15, 0.2) is 24.3 Å². The molecular weight excluding hydrogens is 234 g/mol. The van der Waals surface area contributed by atoms with E-state index in [9.17, 15) is 4.79 Å². The summed E-state index contributed by atoms with van der Waals surface area (Å²) in [4.78, 5) is 11.4. The Hall–Kier alpha value is -1.16. The predicted octanol–water partition coefficient (Wildman–Crippen LogP) is 2.64. The second-order valence-electron chi connectivity index (χ2n) is 4.18. The Balaban J connectivity index is 1.93. The van der Waals surface area contributed by atoms with E-state index in [0.29, 0.717) is 5.56 Å². The molecular formula is C13H17NO2S. The van der Waals surface area contributed by atoms with Gasteiger partial charge in [-0.2, -0.15) is 11.8 Å². The van der Waals surface area contributed by atoms with Crippen molar-refractivity contribution in [2.24, 2.45) is 5.92 Å². The topological polar surface area (TPSA) is 38.3 Å². The Morgan fingerprint density at radius 1 is 1.59 bits per heavy atom. The van der Waals surface area contributed by atoms with Gasteiger partial charge >= 0.3 is 5.97 Å². The maximum atomic E-state index is 11.4. The summed E-state index contributed by atoms with van der Waals surface area (Å²) >= 11 is 2.01. The third-order valence-corrected chi connectivity index (χ3v) is 4.13. The minimum Gasteiger partial charge on any atom is -0.465 e. The largest absolute Gasteiger partial charge is 0.465 e. The first kappa shape index (κ1) is 12.3. The van der Waals surface area contributed by atoms with Gasteiger partial charge in [-0.1, -0.05) is 6.07 Å². The molecule has 0 amide bonds. The number of benzene rings is 1. The first-order chi connectivity index (χ1) is 8.29. The molecule has 0 saturated carbocycles. The molecule has 1 aromatic carbocycles. The Kier molecular flexibility index (Phi) is 4.31. The highest BCUT2D eigenvalue weighted by molar-refractivity contribution is 7.99. The van der Waals surface area contributed by atoms with Crippen LogP contribution >= 0.6 is 11.8 Å². The zero-order chi connectivity index (χ0) is 12.1. The van der Waals surface area contributed by atoms with Gasteiger partial charge in [0, 0.05) is 12.2 Å². The first-order valence-corrected chi connectivity index (χ1v) is 6.95. The van der Waals surface area contributed by atoms with E-state index in [4.69, 9.17) is 4.74 Å². The maximum Gasteiger partial charge on any atom is 0.337 e. The van der Waals surface area contributed by atoms with Gasteiger partial charge in [-0.15, -0.1) is 0 Å². The number of ether oxygens (including phenoxy) is 1. The molecule has 1 fully saturated rings. The molecule has 2 rings (SSSR count). The lowest BCUT2D eigenvalue weighted by Gasteiger charge is -2.11. The van der Waals surface area contributed by atoms with Crippen LogP contribution < -0.4 is 5.32 Å². The summed E-state index contributed by atoms with van der Waals surface area (Å²) in [7, 11) is 1.40. The van der Waals surface area contributed by atoms with Crippen LogP contribution in [0.1, 0.15) is 16.8 Å². The number of rotatable bonds is 4. The molecule has 1 heterocycles. The van der Waals surface area contributed by atoms with E-state index in [1.54, 1.807) is 6.07 Å². The van der Waals surface area contributed by atoms with Gasteiger partial charge < -0.3 is 10.1 Å². The highest BCUT2D eigenvalue weighted by Crippen LogP contribution is 2.23. The summed E-state index contributed by atoms with van der Waals surface area (Å²) in [6, 6.07) is 7.46. The van der Waals surface area contributed by atoms with Gasteiger partial charge in [-0.05, 0) is 42.0 Å². The van der Waals surface area contributed by atoms with Gasteiger partial charge in [0.25, 0.3) is 0 Å². The Morgan fingerprint density at radius 3 is 3.18 bits per heavy atom. The van der Waals surface area contributed by atoms with Crippen molar-refractivity contribution in [3.05, 3.63) is 29.8 Å². The molecule has 0 radical (unpaired) electrons. The van der Waals surface area contributed by atoms with E-state index in [-0.39, 0.29) is 5.97 Å². The number of methoxy groups -OCH3 is 1. The lowest BCUT2D eigenvalue weighted by atomic mass is 10.1. The molecule has 1 atom stereocenters. The fourth-order valence-electron chi connectivity index (χ4n) is 1.88. The SMILES string of the molecule is COC(=O)c1cccc(NCC2CCSC2)c1. The second kappa shape index (κ2) is 5.96. The van der Waals surface area contributed by atoms with Crippen LogP contribution in [-0.4, -0.2) is 31.1 Å². The van der Waals surface area contributed by atoms with Crippen molar-refractivity contribution in [1.82, 2.24) is 0 Å². The third kappa shape index (κ3) is 3.40. The Labute approximate surface area is 106 Å². The lowest BCUT2D eigenvalue weighted by Crippen LogP contribution is -2.13. The highest BCUT2D eigenvalue weighted by Gasteiger charge is 2.15. The molecule has 1 aromatic rings. The number of carbonyl (C=O) groups is 1. The van der Waals surface area contributed by atoms with Crippen LogP contribution in [0.25, 0.3) is 0 Å². The highest BCUT2D eigenvalue weighted by atomic mass is 32.2. The molecule has 0 bridgehead atoms. The molecule has 0 spiro atoms. The van der Waals surface area contributed by atoms with E-state index >= 15 is 0 Å². The first-order valence-electron chi connectivity index (χ1n) is 5.79. The van der Waals surface area contributed by atoms with Gasteiger partial charge in [0.15, 0.2) is 0 Å². The predicted molar refractivity (Wildman–Crippen MR) is 71.7 cm³/mol. The van der Waals surface area contributed by atoms with Crippen molar-refractivity contribution in [1.29, 1.82) is 0 Å². The molecule has 4 heteroatoms. The van der Waals surface area contributed by atoms with Crippen LogP contribution in [0, 0.1) is 5.92 Å². The molecule has 1 aliphatic rings. The van der Waals surface area contributed by atoms with Crippen molar-refractivity contribution < 1.29 is 9.53 Å². The minimum absolute atomic E-state index is 0.287. The van der Waals surface area contributed by atoms with Crippen LogP contribution in [0.5, 0.6) is 0 Å². The fraction of sp³-hybridized carbons (Fsp3) is 0.462. The smallest absolute Gasteiger partial charge is 0.337 e. The van der Waals surface area contributed by atoms with E-state index in [1.165, 1.54) is 25.0 Å². The minimum atomic E-state index is -0.287. The third-order valence-electron chi connectivity index (χ3n) is 2.90. The van der Waals surface area contributed by atoms with E-state index in [0.717, 1.165) is 18.2 Å². The van der Waals surface area contributed by atoms with Gasteiger partial charge in [0.05, 0.1) is 12.7 Å². The maximum absolute atomic E-state index is 11.4. The van der Waals surface area contributed by atoms with E-state index < -0.39 is 0 Å². The van der Waals surface area contributed by atoms with Crippen molar-refractivity contribution in [3.8, 4) is 0 Å². The number of hydrogen-bond acceptors (Lipinski definition) is 4. The second-order valence-corrected chi connectivity index (χ2v) is 5.33. The summed E-state index contributed by atoms with van der Waals surface area (Å²) in [6.07, 6.45) is 1.29. The summed E-state index contributed by atoms with van der Waals surface area (Å²) in [5, 5.41) is 3.38. The molecule has 1 unspecified atom stereocenters. The molecule has 1 N–H and O–H groups in total. The number of thioether (sulfide) groups is 1. The standard InChI is InChI=1S/C13H17NO2S/c1-16-13(15)11-3-2-4-12(7-11)14-8-10-5-6-17-9-10/h2-4,7,10,14H,5-6,8-9H2,1H3. The number of nitrogens with one attached hydrogen (secondary N) is 1. The zero-order valence-electron chi connectivity index (χ0n) is 9.94. The van der Waals surface area contributed by atoms with E-state index in [2.05, 4.69) is 5.32 Å². The zero-order valence-corrected chi connectivity index (χ0v) is 10.8. The molecule has 3 nitrogen and oxygen atoms in total. The van der Waals surface area contributed by atoms with Crippen LogP contribution in [-0.2, 0) is 4.74 Å².